The lowest BCUT2D eigenvalue weighted by molar-refractivity contribution is -0.115. The first kappa shape index (κ1) is 16.5. The number of carbonyl (C=O) groups excluding carboxylic acids is 2. The quantitative estimate of drug-likeness (QED) is 0.781. The minimum absolute atomic E-state index is 0.130. The third-order valence-corrected chi connectivity index (χ3v) is 4.89. The van der Waals surface area contributed by atoms with Crippen molar-refractivity contribution in [3.8, 4) is 0 Å². The minimum atomic E-state index is -0.494. The van der Waals surface area contributed by atoms with E-state index in [-0.39, 0.29) is 11.2 Å². The lowest BCUT2D eigenvalue weighted by Gasteiger charge is -2.13. The lowest BCUT2D eigenvalue weighted by atomic mass is 10.2. The van der Waals surface area contributed by atoms with Gasteiger partial charge in [-0.25, -0.2) is 0 Å². The molecule has 126 valence electrons. The van der Waals surface area contributed by atoms with Crippen LogP contribution in [0.2, 0.25) is 0 Å². The summed E-state index contributed by atoms with van der Waals surface area (Å²) in [5, 5.41) is 11.6. The van der Waals surface area contributed by atoms with Crippen molar-refractivity contribution in [1.29, 1.82) is 0 Å². The minimum Gasteiger partial charge on any atom is -0.366 e. The van der Waals surface area contributed by atoms with Crippen molar-refractivity contribution in [3.63, 3.8) is 0 Å². The van der Waals surface area contributed by atoms with Gasteiger partial charge in [-0.2, -0.15) is 0 Å². The third-order valence-electron chi connectivity index (χ3n) is 3.84. The second-order valence-electron chi connectivity index (χ2n) is 5.82. The van der Waals surface area contributed by atoms with Gasteiger partial charge < -0.3 is 15.6 Å². The molecule has 2 amide bonds. The summed E-state index contributed by atoms with van der Waals surface area (Å²) in [6.45, 7) is 3.76. The van der Waals surface area contributed by atoms with E-state index in [9.17, 15) is 9.59 Å². The molecule has 1 fully saturated rings. The summed E-state index contributed by atoms with van der Waals surface area (Å²) in [7, 11) is 0. The zero-order valence-electron chi connectivity index (χ0n) is 13.5. The molecule has 8 heteroatoms. The third kappa shape index (κ3) is 3.59. The standard InChI is InChI=1S/C16H19N5O2S/c1-9(24-16-20-19-10(2)21(16)13-7-8-13)15(23)18-12-5-3-11(4-6-12)14(17)22/h3-6,9,13H,7-8H2,1-2H3,(H2,17,22)(H,18,23)/t9-/m0/s1. The SMILES string of the molecule is Cc1nnc(S[C@@H](C)C(=O)Nc2ccc(C(N)=O)cc2)n1C1CC1. The van der Waals surface area contributed by atoms with E-state index in [0.29, 0.717) is 17.3 Å². The maximum absolute atomic E-state index is 12.4. The van der Waals surface area contributed by atoms with E-state index in [1.54, 1.807) is 24.3 Å². The molecule has 24 heavy (non-hydrogen) atoms. The number of rotatable bonds is 6. The molecule has 0 bridgehead atoms. The Morgan fingerprint density at radius 1 is 1.29 bits per heavy atom. The molecule has 7 nitrogen and oxygen atoms in total. The molecule has 1 saturated carbocycles. The molecular weight excluding hydrogens is 326 g/mol. The average Bonchev–Trinajstić information content (AvgIpc) is 3.32. The van der Waals surface area contributed by atoms with Crippen LogP contribution in [0.15, 0.2) is 29.4 Å². The Balaban J connectivity index is 1.63. The number of primary amides is 1. The number of hydrogen-bond acceptors (Lipinski definition) is 5. The maximum Gasteiger partial charge on any atom is 0.248 e. The molecular formula is C16H19N5O2S. The molecule has 1 aromatic carbocycles. The van der Waals surface area contributed by atoms with E-state index in [1.807, 2.05) is 13.8 Å². The van der Waals surface area contributed by atoms with Crippen molar-refractivity contribution in [1.82, 2.24) is 14.8 Å². The van der Waals surface area contributed by atoms with E-state index in [2.05, 4.69) is 20.1 Å². The second kappa shape index (κ2) is 6.64. The van der Waals surface area contributed by atoms with Crippen LogP contribution in [0.25, 0.3) is 0 Å². The van der Waals surface area contributed by atoms with Gasteiger partial charge in [-0.15, -0.1) is 10.2 Å². The fourth-order valence-electron chi connectivity index (χ4n) is 2.36. The normalized spacial score (nSPS) is 15.1. The molecule has 0 aliphatic heterocycles. The Kier molecular flexibility index (Phi) is 4.57. The van der Waals surface area contributed by atoms with Crippen molar-refractivity contribution in [3.05, 3.63) is 35.7 Å². The maximum atomic E-state index is 12.4. The molecule has 0 radical (unpaired) electrons. The van der Waals surface area contributed by atoms with Gasteiger partial charge >= 0.3 is 0 Å². The Bertz CT molecular complexity index is 767. The van der Waals surface area contributed by atoms with Crippen LogP contribution < -0.4 is 11.1 Å². The van der Waals surface area contributed by atoms with Crippen LogP contribution in [0.3, 0.4) is 0 Å². The first-order valence-corrected chi connectivity index (χ1v) is 8.62. The fourth-order valence-corrected chi connectivity index (χ4v) is 3.32. The fraction of sp³-hybridized carbons (Fsp3) is 0.375. The van der Waals surface area contributed by atoms with Crippen LogP contribution in [0, 0.1) is 6.92 Å². The average molecular weight is 345 g/mol. The Hall–Kier alpha value is -2.35. The number of aryl methyl sites for hydroxylation is 1. The largest absolute Gasteiger partial charge is 0.366 e. The summed E-state index contributed by atoms with van der Waals surface area (Å²) in [6, 6.07) is 6.96. The summed E-state index contributed by atoms with van der Waals surface area (Å²) in [5.41, 5.74) is 6.23. The number of thioether (sulfide) groups is 1. The number of amides is 2. The van der Waals surface area contributed by atoms with Crippen LogP contribution in [0.5, 0.6) is 0 Å². The number of benzene rings is 1. The monoisotopic (exact) mass is 345 g/mol. The number of anilines is 1. The Labute approximate surface area is 144 Å². The van der Waals surface area contributed by atoms with Crippen LogP contribution in [-0.2, 0) is 4.79 Å². The highest BCUT2D eigenvalue weighted by Crippen LogP contribution is 2.39. The molecule has 1 aliphatic rings. The van der Waals surface area contributed by atoms with Crippen molar-refractivity contribution >= 4 is 29.3 Å². The van der Waals surface area contributed by atoms with E-state index in [0.717, 1.165) is 23.8 Å². The van der Waals surface area contributed by atoms with Crippen LogP contribution in [0.4, 0.5) is 5.69 Å². The highest BCUT2D eigenvalue weighted by molar-refractivity contribution is 8.00. The summed E-state index contributed by atoms with van der Waals surface area (Å²) in [6.07, 6.45) is 2.28. The molecule has 3 N–H and O–H groups in total. The van der Waals surface area contributed by atoms with Crippen LogP contribution in [0.1, 0.15) is 42.0 Å². The molecule has 2 aromatic rings. The van der Waals surface area contributed by atoms with Gasteiger partial charge in [0.1, 0.15) is 5.82 Å². The van der Waals surface area contributed by atoms with Crippen molar-refractivity contribution < 1.29 is 9.59 Å². The van der Waals surface area contributed by atoms with Crippen molar-refractivity contribution in [2.75, 3.05) is 5.32 Å². The first-order chi connectivity index (χ1) is 11.5. The van der Waals surface area contributed by atoms with Crippen molar-refractivity contribution in [2.45, 2.75) is 43.1 Å². The molecule has 0 unspecified atom stereocenters. The predicted octanol–water partition coefficient (Wildman–Crippen LogP) is 2.14. The van der Waals surface area contributed by atoms with E-state index >= 15 is 0 Å². The number of nitrogens with one attached hydrogen (secondary N) is 1. The van der Waals surface area contributed by atoms with E-state index in [4.69, 9.17) is 5.73 Å². The van der Waals surface area contributed by atoms with Gasteiger partial charge in [0.25, 0.3) is 0 Å². The molecule has 0 spiro atoms. The molecule has 1 aromatic heterocycles. The van der Waals surface area contributed by atoms with Gasteiger partial charge in [0.15, 0.2) is 5.16 Å². The van der Waals surface area contributed by atoms with Gasteiger partial charge in [-0.05, 0) is 51.0 Å². The summed E-state index contributed by atoms with van der Waals surface area (Å²) < 4.78 is 2.11. The summed E-state index contributed by atoms with van der Waals surface area (Å²) >= 11 is 1.40. The number of nitrogens with zero attached hydrogens (tertiary/aromatic N) is 3. The number of hydrogen-bond donors (Lipinski definition) is 2. The van der Waals surface area contributed by atoms with Gasteiger partial charge in [0.05, 0.1) is 5.25 Å². The van der Waals surface area contributed by atoms with Gasteiger partial charge in [0, 0.05) is 17.3 Å². The molecule has 1 aliphatic carbocycles. The Morgan fingerprint density at radius 3 is 2.54 bits per heavy atom. The first-order valence-electron chi connectivity index (χ1n) is 7.74. The smallest absolute Gasteiger partial charge is 0.248 e. The van der Waals surface area contributed by atoms with Crippen LogP contribution in [-0.4, -0.2) is 31.8 Å². The molecule has 0 saturated heterocycles. The summed E-state index contributed by atoms with van der Waals surface area (Å²) in [5.74, 6) is 0.260. The number of carbonyl (C=O) groups is 2. The lowest BCUT2D eigenvalue weighted by Crippen LogP contribution is -2.23. The molecule has 1 atom stereocenters. The number of nitrogens with two attached hydrogens (primary N) is 1. The molecule has 1 heterocycles. The highest BCUT2D eigenvalue weighted by atomic mass is 32.2. The topological polar surface area (TPSA) is 103 Å². The van der Waals surface area contributed by atoms with E-state index < -0.39 is 5.91 Å². The van der Waals surface area contributed by atoms with Gasteiger partial charge in [-0.1, -0.05) is 11.8 Å². The summed E-state index contributed by atoms with van der Waals surface area (Å²) in [4.78, 5) is 23.4. The zero-order valence-corrected chi connectivity index (χ0v) is 14.3. The van der Waals surface area contributed by atoms with Crippen molar-refractivity contribution in [2.24, 2.45) is 5.73 Å². The molecule has 3 rings (SSSR count). The van der Waals surface area contributed by atoms with E-state index in [1.165, 1.54) is 11.8 Å². The van der Waals surface area contributed by atoms with Gasteiger partial charge in [-0.3, -0.25) is 9.59 Å². The Morgan fingerprint density at radius 2 is 1.96 bits per heavy atom. The highest BCUT2D eigenvalue weighted by Gasteiger charge is 2.29. The second-order valence-corrected chi connectivity index (χ2v) is 7.13. The zero-order chi connectivity index (χ0) is 17.3. The number of aromatic nitrogens is 3. The van der Waals surface area contributed by atoms with Gasteiger partial charge in [0.2, 0.25) is 11.8 Å². The predicted molar refractivity (Wildman–Crippen MR) is 91.9 cm³/mol. The van der Waals surface area contributed by atoms with Crippen LogP contribution >= 0.6 is 11.8 Å².